The average Bonchev–Trinajstić information content (AvgIpc) is 2.31. The number of hydrogen-bond donors (Lipinski definition) is 2. The largest absolute Gasteiger partial charge is 0.339 e. The van der Waals surface area contributed by atoms with Crippen LogP contribution in [0.3, 0.4) is 0 Å². The normalized spacial score (nSPS) is 32.3. The number of rotatable bonds is 0. The van der Waals surface area contributed by atoms with Gasteiger partial charge in [-0.25, -0.2) is 9.98 Å². The molecule has 12 heavy (non-hydrogen) atoms. The molecule has 0 aromatic rings. The fraction of sp³-hybridized carbons (Fsp3) is 0.200. The van der Waals surface area contributed by atoms with Crippen molar-refractivity contribution in [2.24, 2.45) is 20.7 Å². The summed E-state index contributed by atoms with van der Waals surface area (Å²) in [7, 11) is 0. The molecule has 0 saturated carbocycles. The highest BCUT2D eigenvalue weighted by Crippen LogP contribution is 2.10. The van der Waals surface area contributed by atoms with Crippen molar-refractivity contribution in [2.45, 2.75) is 6.04 Å². The first-order valence-electron chi connectivity index (χ1n) is 3.09. The minimum atomic E-state index is -2.56. The van der Waals surface area contributed by atoms with E-state index in [1.165, 1.54) is 0 Å². The Morgan fingerprint density at radius 1 is 1.67 bits per heavy atom. The SMILES string of the molecule is NC1(F)N=C2N=CN=C2C(=O)N1. The van der Waals surface area contributed by atoms with Gasteiger partial charge >= 0.3 is 6.04 Å². The first-order chi connectivity index (χ1) is 5.58. The Morgan fingerprint density at radius 2 is 2.42 bits per heavy atom. The fourth-order valence-electron chi connectivity index (χ4n) is 0.903. The van der Waals surface area contributed by atoms with Gasteiger partial charge in [-0.3, -0.25) is 15.8 Å². The van der Waals surface area contributed by atoms with E-state index in [2.05, 4.69) is 15.0 Å². The number of nitrogens with two attached hydrogens (primary N) is 1. The van der Waals surface area contributed by atoms with Crippen molar-refractivity contribution < 1.29 is 9.18 Å². The Bertz CT molecular complexity index is 342. The van der Waals surface area contributed by atoms with Crippen LogP contribution in [0.15, 0.2) is 15.0 Å². The third kappa shape index (κ3) is 0.909. The number of amidine groups is 1. The molecule has 62 valence electrons. The van der Waals surface area contributed by atoms with Crippen LogP contribution in [0.2, 0.25) is 0 Å². The van der Waals surface area contributed by atoms with E-state index in [9.17, 15) is 9.18 Å². The summed E-state index contributed by atoms with van der Waals surface area (Å²) in [4.78, 5) is 21.4. The van der Waals surface area contributed by atoms with E-state index < -0.39 is 11.9 Å². The number of carbonyl (C=O) groups is 1. The predicted octanol–water partition coefficient (Wildman–Crippen LogP) is -1.46. The summed E-state index contributed by atoms with van der Waals surface area (Å²) in [5.41, 5.74) is 4.90. The maximum Gasteiger partial charge on any atom is 0.339 e. The van der Waals surface area contributed by atoms with E-state index in [1.54, 1.807) is 5.32 Å². The lowest BCUT2D eigenvalue weighted by Crippen LogP contribution is -2.57. The minimum Gasteiger partial charge on any atom is -0.286 e. The molecule has 3 N–H and O–H groups in total. The summed E-state index contributed by atoms with van der Waals surface area (Å²) in [5.74, 6) is -0.772. The number of fused-ring (bicyclic) bond motifs is 1. The number of hydrogen-bond acceptors (Lipinski definition) is 5. The Morgan fingerprint density at radius 3 is 3.17 bits per heavy atom. The van der Waals surface area contributed by atoms with Gasteiger partial charge in [-0.15, -0.1) is 0 Å². The van der Waals surface area contributed by atoms with Crippen LogP contribution in [0.25, 0.3) is 0 Å². The zero-order valence-electron chi connectivity index (χ0n) is 5.78. The van der Waals surface area contributed by atoms with Crippen molar-refractivity contribution in [1.29, 1.82) is 0 Å². The molecular formula is C5H4FN5O. The molecule has 1 unspecified atom stereocenters. The summed E-state index contributed by atoms with van der Waals surface area (Å²) in [5, 5.41) is 1.80. The van der Waals surface area contributed by atoms with Gasteiger partial charge in [-0.05, 0) is 0 Å². The zero-order valence-corrected chi connectivity index (χ0v) is 5.78. The van der Waals surface area contributed by atoms with Crippen molar-refractivity contribution in [2.75, 3.05) is 0 Å². The smallest absolute Gasteiger partial charge is 0.286 e. The Kier molecular flexibility index (Phi) is 1.14. The number of alkyl halides is 1. The van der Waals surface area contributed by atoms with Crippen molar-refractivity contribution in [3.8, 4) is 0 Å². The molecule has 2 aliphatic heterocycles. The molecular weight excluding hydrogens is 165 g/mol. The molecule has 2 heterocycles. The number of amides is 1. The third-order valence-corrected chi connectivity index (χ3v) is 1.35. The quantitative estimate of drug-likeness (QED) is 0.433. The summed E-state index contributed by atoms with van der Waals surface area (Å²) in [6.45, 7) is 0. The molecule has 1 amide bonds. The summed E-state index contributed by atoms with van der Waals surface area (Å²) >= 11 is 0. The number of aliphatic imine (C=N–C) groups is 3. The number of nitrogens with zero attached hydrogens (tertiary/aromatic N) is 3. The molecule has 6 nitrogen and oxygen atoms in total. The molecule has 2 aliphatic rings. The highest BCUT2D eigenvalue weighted by atomic mass is 19.2. The molecule has 0 aromatic carbocycles. The number of halogens is 1. The standard InChI is InChI=1S/C5H4FN5O/c6-5(7)10-3-2(4(12)11-5)8-1-9-3/h1H,7H2,(H,11,12). The zero-order chi connectivity index (χ0) is 8.77. The van der Waals surface area contributed by atoms with E-state index >= 15 is 0 Å². The van der Waals surface area contributed by atoms with Crippen LogP contribution in [0, 0.1) is 0 Å². The van der Waals surface area contributed by atoms with E-state index in [1.807, 2.05) is 0 Å². The Hall–Kier alpha value is -1.63. The Labute approximate surface area is 66.1 Å². The average molecular weight is 169 g/mol. The van der Waals surface area contributed by atoms with Crippen LogP contribution in [-0.4, -0.2) is 29.8 Å². The predicted molar refractivity (Wildman–Crippen MR) is 39.5 cm³/mol. The maximum atomic E-state index is 12.9. The van der Waals surface area contributed by atoms with Crippen molar-refractivity contribution in [1.82, 2.24) is 5.32 Å². The minimum absolute atomic E-state index is 0.00581. The van der Waals surface area contributed by atoms with Crippen LogP contribution >= 0.6 is 0 Å². The topological polar surface area (TPSA) is 92.2 Å². The molecule has 0 saturated heterocycles. The fourth-order valence-corrected chi connectivity index (χ4v) is 0.903. The van der Waals surface area contributed by atoms with E-state index in [0.29, 0.717) is 0 Å². The van der Waals surface area contributed by atoms with Crippen LogP contribution in [0.1, 0.15) is 0 Å². The molecule has 0 aromatic heterocycles. The molecule has 0 aliphatic carbocycles. The lowest BCUT2D eigenvalue weighted by Gasteiger charge is -2.20. The monoisotopic (exact) mass is 169 g/mol. The van der Waals surface area contributed by atoms with E-state index in [-0.39, 0.29) is 11.5 Å². The van der Waals surface area contributed by atoms with Gasteiger partial charge in [0.2, 0.25) is 0 Å². The first kappa shape index (κ1) is 7.04. The second-order valence-electron chi connectivity index (χ2n) is 2.29. The molecule has 2 rings (SSSR count). The molecule has 0 fully saturated rings. The highest BCUT2D eigenvalue weighted by molar-refractivity contribution is 6.69. The summed E-state index contributed by atoms with van der Waals surface area (Å²) in [6, 6.07) is -2.56. The van der Waals surface area contributed by atoms with Gasteiger partial charge in [-0.1, -0.05) is 0 Å². The van der Waals surface area contributed by atoms with Crippen LogP contribution in [0.4, 0.5) is 4.39 Å². The number of carbonyl (C=O) groups excluding carboxylic acids is 1. The lowest BCUT2D eigenvalue weighted by molar-refractivity contribution is -0.118. The van der Waals surface area contributed by atoms with Gasteiger partial charge in [0.05, 0.1) is 0 Å². The molecule has 1 atom stereocenters. The van der Waals surface area contributed by atoms with Crippen molar-refractivity contribution in [3.05, 3.63) is 0 Å². The van der Waals surface area contributed by atoms with Gasteiger partial charge in [0.1, 0.15) is 6.34 Å². The molecule has 0 spiro atoms. The highest BCUT2D eigenvalue weighted by Gasteiger charge is 2.37. The van der Waals surface area contributed by atoms with Crippen LogP contribution in [-0.2, 0) is 4.79 Å². The Balaban J connectivity index is 2.49. The van der Waals surface area contributed by atoms with Crippen molar-refractivity contribution in [3.63, 3.8) is 0 Å². The van der Waals surface area contributed by atoms with Crippen molar-refractivity contribution >= 4 is 23.8 Å². The van der Waals surface area contributed by atoms with E-state index in [0.717, 1.165) is 6.34 Å². The summed E-state index contributed by atoms with van der Waals surface area (Å²) in [6.07, 6.45) is 1.12. The number of nitrogens with one attached hydrogen (secondary N) is 1. The van der Waals surface area contributed by atoms with Gasteiger partial charge < -0.3 is 0 Å². The van der Waals surface area contributed by atoms with Gasteiger partial charge in [0, 0.05) is 0 Å². The van der Waals surface area contributed by atoms with Gasteiger partial charge in [0.25, 0.3) is 5.91 Å². The van der Waals surface area contributed by atoms with Gasteiger partial charge in [0.15, 0.2) is 11.5 Å². The first-order valence-corrected chi connectivity index (χ1v) is 3.09. The third-order valence-electron chi connectivity index (χ3n) is 1.35. The maximum absolute atomic E-state index is 12.9. The van der Waals surface area contributed by atoms with Gasteiger partial charge in [-0.2, -0.15) is 9.38 Å². The van der Waals surface area contributed by atoms with E-state index in [4.69, 9.17) is 5.73 Å². The second kappa shape index (κ2) is 1.95. The summed E-state index contributed by atoms with van der Waals surface area (Å²) < 4.78 is 12.9. The lowest BCUT2D eigenvalue weighted by atomic mass is 10.3. The second-order valence-corrected chi connectivity index (χ2v) is 2.29. The molecule has 0 bridgehead atoms. The van der Waals surface area contributed by atoms with Crippen LogP contribution in [0.5, 0.6) is 0 Å². The molecule has 7 heteroatoms. The molecule has 0 radical (unpaired) electrons. The van der Waals surface area contributed by atoms with Crippen LogP contribution < -0.4 is 11.1 Å².